The van der Waals surface area contributed by atoms with Gasteiger partial charge in [0.2, 0.25) is 0 Å². The van der Waals surface area contributed by atoms with Crippen molar-refractivity contribution in [1.82, 2.24) is 25.6 Å². The average Bonchev–Trinajstić information content (AvgIpc) is 3.13. The van der Waals surface area contributed by atoms with Crippen LogP contribution in [0.2, 0.25) is 0 Å². The Morgan fingerprint density at radius 1 is 1.38 bits per heavy atom. The third kappa shape index (κ3) is 3.55. The van der Waals surface area contributed by atoms with Crippen LogP contribution in [0.15, 0.2) is 30.6 Å². The summed E-state index contributed by atoms with van der Waals surface area (Å²) in [4.78, 5) is 24.1. The van der Waals surface area contributed by atoms with Crippen molar-refractivity contribution in [1.29, 1.82) is 5.41 Å². The summed E-state index contributed by atoms with van der Waals surface area (Å²) in [5, 5.41) is 27.1. The fraction of sp³-hybridized carbons (Fsp3) is 0.263. The van der Waals surface area contributed by atoms with Crippen LogP contribution in [-0.4, -0.2) is 64.0 Å². The molecule has 3 aromatic rings. The topological polar surface area (TPSA) is 139 Å². The third-order valence-corrected chi connectivity index (χ3v) is 4.89. The van der Waals surface area contributed by atoms with Crippen LogP contribution in [-0.2, 0) is 0 Å². The molecule has 0 saturated carbocycles. The average molecular weight is 397 g/mol. The highest BCUT2D eigenvalue weighted by Crippen LogP contribution is 2.21. The summed E-state index contributed by atoms with van der Waals surface area (Å²) in [6.07, 6.45) is 2.92. The van der Waals surface area contributed by atoms with Crippen molar-refractivity contribution in [3.63, 3.8) is 0 Å². The Hall–Kier alpha value is -3.37. The molecule has 6 N–H and O–H groups in total. The molecule has 150 valence electrons. The van der Waals surface area contributed by atoms with Crippen molar-refractivity contribution >= 4 is 28.5 Å². The summed E-state index contributed by atoms with van der Waals surface area (Å²) in [6, 6.07) is 4.06. The van der Waals surface area contributed by atoms with E-state index in [1.54, 1.807) is 7.05 Å². The number of carbonyl (C=O) groups excluding carboxylic acids is 1. The number of carbonyl (C=O) groups is 1. The van der Waals surface area contributed by atoms with Crippen LogP contribution in [0.1, 0.15) is 21.6 Å². The van der Waals surface area contributed by atoms with Gasteiger partial charge in [-0.1, -0.05) is 0 Å². The summed E-state index contributed by atoms with van der Waals surface area (Å²) in [7, 11) is 1.64. The second kappa shape index (κ2) is 7.22. The molecule has 3 heterocycles. The maximum Gasteiger partial charge on any atom is 0.255 e. The molecular formula is C19H20FN7O2. The van der Waals surface area contributed by atoms with Crippen LogP contribution in [0.4, 0.5) is 10.1 Å². The van der Waals surface area contributed by atoms with Crippen molar-refractivity contribution < 1.29 is 14.3 Å². The highest BCUT2D eigenvalue weighted by molar-refractivity contribution is 6.14. The van der Waals surface area contributed by atoms with E-state index in [0.29, 0.717) is 35.5 Å². The quantitative estimate of drug-likeness (QED) is 0.337. The Bertz CT molecular complexity index is 1110. The van der Waals surface area contributed by atoms with Gasteiger partial charge in [-0.2, -0.15) is 0 Å². The molecule has 9 nitrogen and oxygen atoms in total. The van der Waals surface area contributed by atoms with Crippen LogP contribution >= 0.6 is 0 Å². The van der Waals surface area contributed by atoms with Gasteiger partial charge in [-0.15, -0.1) is 0 Å². The van der Waals surface area contributed by atoms with Crippen LogP contribution in [0.5, 0.6) is 0 Å². The third-order valence-electron chi connectivity index (χ3n) is 4.89. The minimum atomic E-state index is -0.938. The largest absolute Gasteiger partial charge is 0.387 e. The molecule has 0 aliphatic carbocycles. The lowest BCUT2D eigenvalue weighted by molar-refractivity contribution is -0.00758. The maximum atomic E-state index is 13.5. The molecule has 4 rings (SSSR count). The lowest BCUT2D eigenvalue weighted by Gasteiger charge is -2.37. The Balaban J connectivity index is 1.63. The monoisotopic (exact) mass is 397 g/mol. The number of hydrogen-bond acceptors (Lipinski definition) is 7. The van der Waals surface area contributed by atoms with E-state index in [2.05, 4.69) is 30.9 Å². The molecule has 29 heavy (non-hydrogen) atoms. The lowest BCUT2D eigenvalue weighted by atomic mass is 9.97. The zero-order valence-electron chi connectivity index (χ0n) is 15.6. The summed E-state index contributed by atoms with van der Waals surface area (Å²) in [6.45, 7) is 0.969. The highest BCUT2D eigenvalue weighted by Gasteiger charge is 2.34. The van der Waals surface area contributed by atoms with E-state index in [1.807, 2.05) is 0 Å². The number of aliphatic hydroxyl groups is 1. The van der Waals surface area contributed by atoms with E-state index in [-0.39, 0.29) is 23.5 Å². The van der Waals surface area contributed by atoms with Gasteiger partial charge in [0.25, 0.3) is 5.91 Å². The molecule has 1 fully saturated rings. The highest BCUT2D eigenvalue weighted by atomic mass is 19.1. The molecule has 10 heteroatoms. The first-order valence-corrected chi connectivity index (χ1v) is 9.02. The second-order valence-electron chi connectivity index (χ2n) is 6.98. The Kier molecular flexibility index (Phi) is 4.73. The Morgan fingerprint density at radius 2 is 2.17 bits per heavy atom. The van der Waals surface area contributed by atoms with E-state index >= 15 is 0 Å². The molecule has 0 unspecified atom stereocenters. The normalized spacial score (nSPS) is 15.0. The van der Waals surface area contributed by atoms with Gasteiger partial charge >= 0.3 is 0 Å². The predicted octanol–water partition coefficient (Wildman–Crippen LogP) is 0.619. The number of nitrogens with zero attached hydrogens (tertiary/aromatic N) is 2. The number of aromatic nitrogens is 3. The zero-order valence-corrected chi connectivity index (χ0v) is 15.6. The van der Waals surface area contributed by atoms with Gasteiger partial charge < -0.3 is 26.0 Å². The van der Waals surface area contributed by atoms with Crippen LogP contribution in [0.3, 0.4) is 0 Å². The van der Waals surface area contributed by atoms with Gasteiger partial charge in [0.05, 0.1) is 17.5 Å². The molecular weight excluding hydrogens is 377 g/mol. The number of hydrogen-bond donors (Lipinski definition) is 6. The molecule has 0 bridgehead atoms. The number of H-pyrrole nitrogens is 1. The van der Waals surface area contributed by atoms with Crippen LogP contribution in [0.25, 0.3) is 11.2 Å². The molecule has 1 saturated heterocycles. The number of aromatic amines is 1. The van der Waals surface area contributed by atoms with Gasteiger partial charge in [0.15, 0.2) is 5.65 Å². The van der Waals surface area contributed by atoms with Crippen molar-refractivity contribution in [2.75, 3.05) is 32.0 Å². The molecule has 0 atom stereocenters. The van der Waals surface area contributed by atoms with Crippen LogP contribution < -0.4 is 16.0 Å². The van der Waals surface area contributed by atoms with Crippen molar-refractivity contribution in [3.05, 3.63) is 53.2 Å². The Labute approximate surface area is 165 Å². The van der Waals surface area contributed by atoms with Crippen molar-refractivity contribution in [3.8, 4) is 0 Å². The standard InChI is InChI=1S/C19H20FN7O2/c1-22-13-4-10(20)2-3-11(13)15(21)14-6-25-17-16(27-14)12(5-24-17)18(28)26-9-19(29)7-23-8-19/h2-6,21-23,29H,7-9H2,1H3,(H,24,25)(H,26,28). The number of anilines is 1. The number of rotatable bonds is 6. The molecule has 1 aliphatic rings. The van der Waals surface area contributed by atoms with Crippen molar-refractivity contribution in [2.45, 2.75) is 5.60 Å². The zero-order chi connectivity index (χ0) is 20.6. The second-order valence-corrected chi connectivity index (χ2v) is 6.98. The first-order valence-electron chi connectivity index (χ1n) is 9.02. The van der Waals surface area contributed by atoms with E-state index in [1.165, 1.54) is 30.6 Å². The lowest BCUT2D eigenvalue weighted by Crippen LogP contribution is -2.64. The number of nitrogens with one attached hydrogen (secondary N) is 5. The first kappa shape index (κ1) is 19.0. The minimum absolute atomic E-state index is 0.0474. The summed E-state index contributed by atoms with van der Waals surface area (Å²) in [5.74, 6) is -0.812. The molecule has 1 aromatic carbocycles. The van der Waals surface area contributed by atoms with Crippen molar-refractivity contribution in [2.24, 2.45) is 0 Å². The maximum absolute atomic E-state index is 13.5. The molecule has 2 aromatic heterocycles. The van der Waals surface area contributed by atoms with Crippen LogP contribution in [0, 0.1) is 11.2 Å². The van der Waals surface area contributed by atoms with Gasteiger partial charge in [-0.05, 0) is 18.2 Å². The van der Waals surface area contributed by atoms with E-state index < -0.39 is 17.3 Å². The van der Waals surface area contributed by atoms with Gasteiger partial charge in [0.1, 0.15) is 22.6 Å². The summed E-state index contributed by atoms with van der Waals surface area (Å²) < 4.78 is 13.5. The SMILES string of the molecule is CNc1cc(F)ccc1C(=N)c1cnc2[nH]cc(C(=O)NCC3(O)CNC3)c2n1. The van der Waals surface area contributed by atoms with E-state index in [9.17, 15) is 14.3 Å². The minimum Gasteiger partial charge on any atom is -0.387 e. The summed E-state index contributed by atoms with van der Waals surface area (Å²) >= 11 is 0. The predicted molar refractivity (Wildman–Crippen MR) is 106 cm³/mol. The van der Waals surface area contributed by atoms with Gasteiger partial charge in [0, 0.05) is 44.1 Å². The molecule has 1 amide bonds. The Morgan fingerprint density at radius 3 is 2.86 bits per heavy atom. The summed E-state index contributed by atoms with van der Waals surface area (Å²) in [5.41, 5.74) is 1.26. The number of β-amino-alcohol motifs (C(OH)–C–C–N with tert-alkyl or cyclic N) is 1. The molecule has 0 radical (unpaired) electrons. The number of amides is 1. The fourth-order valence-corrected chi connectivity index (χ4v) is 3.14. The molecule has 0 spiro atoms. The van der Waals surface area contributed by atoms with E-state index in [4.69, 9.17) is 5.41 Å². The number of halogens is 1. The van der Waals surface area contributed by atoms with Gasteiger partial charge in [-0.3, -0.25) is 10.2 Å². The van der Waals surface area contributed by atoms with E-state index in [0.717, 1.165) is 0 Å². The van der Waals surface area contributed by atoms with Gasteiger partial charge in [-0.25, -0.2) is 14.4 Å². The smallest absolute Gasteiger partial charge is 0.255 e. The molecule has 1 aliphatic heterocycles. The fourth-order valence-electron chi connectivity index (χ4n) is 3.14. The number of benzene rings is 1. The first-order chi connectivity index (χ1) is 13.9. The number of fused-ring (bicyclic) bond motifs is 1.